The van der Waals surface area contributed by atoms with Crippen molar-refractivity contribution >= 4 is 35.5 Å². The van der Waals surface area contributed by atoms with Crippen LogP contribution in [-0.4, -0.2) is 11.9 Å². The predicted molar refractivity (Wildman–Crippen MR) is 348 cm³/mol. The molecular formula is C74H128N2. The van der Waals surface area contributed by atoms with E-state index in [9.17, 15) is 0 Å². The van der Waals surface area contributed by atoms with E-state index in [2.05, 4.69) is 93.6 Å². The lowest BCUT2D eigenvalue weighted by molar-refractivity contribution is 0.516. The maximum absolute atomic E-state index is 4.91. The molecule has 0 saturated heterocycles. The van der Waals surface area contributed by atoms with E-state index < -0.39 is 0 Å². The van der Waals surface area contributed by atoms with E-state index in [0.29, 0.717) is 0 Å². The molecule has 2 nitrogen and oxygen atoms in total. The van der Waals surface area contributed by atoms with Gasteiger partial charge in [-0.2, -0.15) is 0 Å². The Morgan fingerprint density at radius 1 is 0.276 bits per heavy atom. The van der Waals surface area contributed by atoms with Crippen LogP contribution in [0.5, 0.6) is 0 Å². The first-order chi connectivity index (χ1) is 37.7. The second-order valence-electron chi connectivity index (χ2n) is 23.8. The summed E-state index contributed by atoms with van der Waals surface area (Å²) < 4.78 is 0. The van der Waals surface area contributed by atoms with E-state index in [1.165, 1.54) is 345 Å². The molecule has 0 saturated carbocycles. The molecule has 0 aliphatic carbocycles. The highest BCUT2D eigenvalue weighted by molar-refractivity contribution is 6.31. The third kappa shape index (κ3) is 47.3. The third-order valence-electron chi connectivity index (χ3n) is 16.4. The molecule has 2 aromatic rings. The van der Waals surface area contributed by atoms with Crippen LogP contribution in [0.1, 0.15) is 372 Å². The van der Waals surface area contributed by atoms with Gasteiger partial charge < -0.3 is 0 Å². The van der Waals surface area contributed by atoms with Gasteiger partial charge in [0.05, 0.1) is 17.1 Å². The van der Waals surface area contributed by atoms with Crippen LogP contribution in [0.25, 0.3) is 12.2 Å². The van der Waals surface area contributed by atoms with Gasteiger partial charge in [0.25, 0.3) is 0 Å². The zero-order valence-electron chi connectivity index (χ0n) is 51.4. The Labute approximate surface area is 476 Å². The Bertz CT molecular complexity index is 1580. The van der Waals surface area contributed by atoms with Crippen molar-refractivity contribution in [3.05, 3.63) is 71.8 Å². The van der Waals surface area contributed by atoms with Crippen LogP contribution in [0.3, 0.4) is 0 Å². The Morgan fingerprint density at radius 3 is 0.737 bits per heavy atom. The standard InChI is InChI=1S/C74H128N2/c1-4-7-9-11-13-15-17-19-21-23-25-27-29-31-33-35-37-39-41-43-45-47-49-51-53-55-57-59-70-61-65-73(66-62-70)75-69-72(6-3)76-74-67-63-71(64-68-74)60-58-56-54-52-50-48-46-44-42-40-38-36-34-32-30-28-26-24-22-20-18-16-14-12-10-8-5-2/h57-69H,4-56H2,1-3H3. The fourth-order valence-electron chi connectivity index (χ4n) is 11.1. The molecule has 0 fully saturated rings. The van der Waals surface area contributed by atoms with Crippen LogP contribution in [-0.2, 0) is 0 Å². The Balaban J connectivity index is 1.37. The molecule has 0 atom stereocenters. The van der Waals surface area contributed by atoms with E-state index in [1.54, 1.807) is 0 Å². The summed E-state index contributed by atoms with van der Waals surface area (Å²) in [6, 6.07) is 17.3. The molecule has 0 amide bonds. The normalized spacial score (nSPS) is 12.2. The topological polar surface area (TPSA) is 24.7 Å². The molecular weight excluding hydrogens is 917 g/mol. The zero-order chi connectivity index (χ0) is 54.0. The summed E-state index contributed by atoms with van der Waals surface area (Å²) in [6.45, 7) is 6.77. The van der Waals surface area contributed by atoms with Gasteiger partial charge >= 0.3 is 0 Å². The number of aliphatic imine (C=N–C) groups is 2. The van der Waals surface area contributed by atoms with Crippen molar-refractivity contribution in [3.63, 3.8) is 0 Å². The first-order valence-electron chi connectivity index (χ1n) is 34.4. The number of unbranched alkanes of at least 4 members (excludes halogenated alkanes) is 50. The fraction of sp³-hybridized carbons (Fsp3) is 0.757. The Morgan fingerprint density at radius 2 is 0.500 bits per heavy atom. The van der Waals surface area contributed by atoms with Crippen molar-refractivity contribution < 1.29 is 0 Å². The van der Waals surface area contributed by atoms with Gasteiger partial charge in [-0.1, -0.05) is 378 Å². The number of hydrogen-bond donors (Lipinski definition) is 0. The molecule has 0 aliphatic rings. The summed E-state index contributed by atoms with van der Waals surface area (Å²) in [5.41, 5.74) is 5.48. The molecule has 2 aromatic carbocycles. The summed E-state index contributed by atoms with van der Waals surface area (Å²) in [4.78, 5) is 9.67. The lowest BCUT2D eigenvalue weighted by Gasteiger charge is -2.04. The van der Waals surface area contributed by atoms with Crippen molar-refractivity contribution in [2.75, 3.05) is 0 Å². The maximum Gasteiger partial charge on any atom is 0.0634 e. The largest absolute Gasteiger partial charge is 0.255 e. The molecule has 2 rings (SSSR count). The van der Waals surface area contributed by atoms with Gasteiger partial charge in [0, 0.05) is 6.21 Å². The highest BCUT2D eigenvalue weighted by Crippen LogP contribution is 2.21. The van der Waals surface area contributed by atoms with E-state index in [4.69, 9.17) is 9.98 Å². The Hall–Kier alpha value is -2.74. The van der Waals surface area contributed by atoms with Gasteiger partial charge in [-0.25, -0.2) is 0 Å². The van der Waals surface area contributed by atoms with E-state index in [0.717, 1.165) is 23.5 Å². The molecule has 0 aliphatic heterocycles. The predicted octanol–water partition coefficient (Wildman–Crippen LogP) is 26.9. The van der Waals surface area contributed by atoms with Gasteiger partial charge in [0.1, 0.15) is 0 Å². The van der Waals surface area contributed by atoms with Gasteiger partial charge in [0.15, 0.2) is 0 Å². The van der Waals surface area contributed by atoms with E-state index >= 15 is 0 Å². The first kappa shape index (κ1) is 69.4. The smallest absolute Gasteiger partial charge is 0.0634 e. The minimum atomic E-state index is 0.852. The van der Waals surface area contributed by atoms with Crippen molar-refractivity contribution in [2.24, 2.45) is 9.98 Å². The Kier molecular flexibility index (Phi) is 52.0. The second-order valence-corrected chi connectivity index (χ2v) is 23.8. The molecule has 434 valence electrons. The first-order valence-corrected chi connectivity index (χ1v) is 34.4. The van der Waals surface area contributed by atoms with Gasteiger partial charge in [-0.05, 0) is 67.5 Å². The van der Waals surface area contributed by atoms with Crippen LogP contribution in [0.15, 0.2) is 70.7 Å². The summed E-state index contributed by atoms with van der Waals surface area (Å²) in [5.74, 6) is 0. The minimum absolute atomic E-state index is 0.852. The highest BCUT2D eigenvalue weighted by Gasteiger charge is 2.01. The summed E-state index contributed by atoms with van der Waals surface area (Å²) in [7, 11) is 0. The summed E-state index contributed by atoms with van der Waals surface area (Å²) in [5, 5.41) is 0. The minimum Gasteiger partial charge on any atom is -0.255 e. The zero-order valence-corrected chi connectivity index (χ0v) is 51.4. The molecule has 0 aromatic heterocycles. The van der Waals surface area contributed by atoms with Crippen molar-refractivity contribution in [3.8, 4) is 0 Å². The second kappa shape index (κ2) is 57.0. The van der Waals surface area contributed by atoms with Crippen molar-refractivity contribution in [1.82, 2.24) is 0 Å². The maximum atomic E-state index is 4.91. The van der Waals surface area contributed by atoms with Crippen LogP contribution in [0.2, 0.25) is 0 Å². The number of hydrogen-bond acceptors (Lipinski definition) is 2. The lowest BCUT2D eigenvalue weighted by Crippen LogP contribution is -1.96. The average molecular weight is 1050 g/mol. The van der Waals surface area contributed by atoms with Crippen LogP contribution in [0, 0.1) is 0 Å². The fourth-order valence-corrected chi connectivity index (χ4v) is 11.1. The SMILES string of the molecule is CCCCCCCCCCCCCCCCCCCCCCCCCCCC=Cc1ccc(N=CC(CC)=Nc2ccc(C=CCCCCCCCCCCCCCCCCCCCCCCCCCCC)cc2)cc1. The number of allylic oxidation sites excluding steroid dienone is 2. The molecule has 76 heavy (non-hydrogen) atoms. The summed E-state index contributed by atoms with van der Waals surface area (Å²) in [6.07, 6.45) is 86.7. The van der Waals surface area contributed by atoms with Crippen molar-refractivity contribution in [2.45, 2.75) is 361 Å². The molecule has 0 unspecified atom stereocenters. The van der Waals surface area contributed by atoms with Gasteiger partial charge in [-0.3, -0.25) is 9.98 Å². The summed E-state index contributed by atoms with van der Waals surface area (Å²) >= 11 is 0. The third-order valence-corrected chi connectivity index (χ3v) is 16.4. The number of rotatable bonds is 58. The van der Waals surface area contributed by atoms with Gasteiger partial charge in [-0.15, -0.1) is 0 Å². The average Bonchev–Trinajstić information content (AvgIpc) is 3.44. The van der Waals surface area contributed by atoms with Crippen molar-refractivity contribution in [1.29, 1.82) is 0 Å². The van der Waals surface area contributed by atoms with E-state index in [1.807, 2.05) is 6.21 Å². The number of nitrogens with zero attached hydrogens (tertiary/aromatic N) is 2. The molecule has 0 spiro atoms. The van der Waals surface area contributed by atoms with Crippen LogP contribution >= 0.6 is 0 Å². The lowest BCUT2D eigenvalue weighted by atomic mass is 10.0. The molecule has 0 bridgehead atoms. The molecule has 0 heterocycles. The van der Waals surface area contributed by atoms with Crippen LogP contribution < -0.4 is 0 Å². The highest BCUT2D eigenvalue weighted by atomic mass is 14.8. The number of benzene rings is 2. The van der Waals surface area contributed by atoms with E-state index in [-0.39, 0.29) is 0 Å². The van der Waals surface area contributed by atoms with Gasteiger partial charge in [0.2, 0.25) is 0 Å². The molecule has 0 N–H and O–H groups in total. The van der Waals surface area contributed by atoms with Crippen LogP contribution in [0.4, 0.5) is 11.4 Å². The molecule has 0 radical (unpaired) electrons. The quantitative estimate of drug-likeness (QED) is 0.0466. The monoisotopic (exact) mass is 1050 g/mol. The molecule has 2 heteroatoms.